The summed E-state index contributed by atoms with van der Waals surface area (Å²) in [5.41, 5.74) is 8.92. The Hall–Kier alpha value is -0.900. The van der Waals surface area contributed by atoms with Crippen molar-refractivity contribution in [1.82, 2.24) is 9.80 Å². The molecule has 1 heterocycles. The average molecular weight is 275 g/mol. The first-order valence-corrected chi connectivity index (χ1v) is 7.68. The molecule has 1 fully saturated rings. The molecule has 0 spiro atoms. The summed E-state index contributed by atoms with van der Waals surface area (Å²) in [6.45, 7) is 7.83. The first-order valence-electron chi connectivity index (χ1n) is 7.68. The molecule has 2 rings (SSSR count). The SMILES string of the molecule is Cc1cccc(C(C(C)N)N(C)CC2CCN(C)C2)c1. The zero-order chi connectivity index (χ0) is 14.7. The Morgan fingerprint density at radius 2 is 2.20 bits per heavy atom. The van der Waals surface area contributed by atoms with Crippen LogP contribution in [0.1, 0.15) is 30.5 Å². The van der Waals surface area contributed by atoms with Crippen molar-refractivity contribution in [1.29, 1.82) is 0 Å². The van der Waals surface area contributed by atoms with Gasteiger partial charge in [-0.1, -0.05) is 29.8 Å². The van der Waals surface area contributed by atoms with E-state index in [1.165, 1.54) is 30.6 Å². The summed E-state index contributed by atoms with van der Waals surface area (Å²) >= 11 is 0. The van der Waals surface area contributed by atoms with Crippen LogP contribution in [-0.2, 0) is 0 Å². The largest absolute Gasteiger partial charge is 0.326 e. The van der Waals surface area contributed by atoms with Crippen LogP contribution in [0, 0.1) is 12.8 Å². The summed E-state index contributed by atoms with van der Waals surface area (Å²) in [4.78, 5) is 4.87. The van der Waals surface area contributed by atoms with E-state index in [1.807, 2.05) is 0 Å². The van der Waals surface area contributed by atoms with E-state index in [-0.39, 0.29) is 6.04 Å². The van der Waals surface area contributed by atoms with E-state index in [0.29, 0.717) is 6.04 Å². The summed E-state index contributed by atoms with van der Waals surface area (Å²) in [5, 5.41) is 0. The number of benzene rings is 1. The molecule has 1 aromatic carbocycles. The zero-order valence-electron chi connectivity index (χ0n) is 13.3. The van der Waals surface area contributed by atoms with Crippen molar-refractivity contribution in [2.45, 2.75) is 32.4 Å². The number of rotatable bonds is 5. The second-order valence-corrected chi connectivity index (χ2v) is 6.57. The fourth-order valence-corrected chi connectivity index (χ4v) is 3.51. The van der Waals surface area contributed by atoms with Crippen molar-refractivity contribution in [3.05, 3.63) is 35.4 Å². The number of aryl methyl sites for hydroxylation is 1. The lowest BCUT2D eigenvalue weighted by Crippen LogP contribution is -2.40. The first-order chi connectivity index (χ1) is 9.47. The van der Waals surface area contributed by atoms with Gasteiger partial charge in [0.25, 0.3) is 0 Å². The molecular weight excluding hydrogens is 246 g/mol. The van der Waals surface area contributed by atoms with E-state index in [0.717, 1.165) is 12.5 Å². The van der Waals surface area contributed by atoms with Crippen LogP contribution < -0.4 is 5.73 Å². The van der Waals surface area contributed by atoms with Gasteiger partial charge in [-0.05, 0) is 52.4 Å². The third kappa shape index (κ3) is 3.81. The van der Waals surface area contributed by atoms with Gasteiger partial charge in [0, 0.05) is 25.2 Å². The lowest BCUT2D eigenvalue weighted by atomic mass is 9.96. The van der Waals surface area contributed by atoms with Gasteiger partial charge in [-0.2, -0.15) is 0 Å². The fourth-order valence-electron chi connectivity index (χ4n) is 3.51. The Labute approximate surface area is 123 Å². The molecule has 1 saturated heterocycles. The van der Waals surface area contributed by atoms with Crippen molar-refractivity contribution >= 4 is 0 Å². The maximum absolute atomic E-state index is 6.27. The Balaban J connectivity index is 2.08. The highest BCUT2D eigenvalue weighted by atomic mass is 15.2. The quantitative estimate of drug-likeness (QED) is 0.895. The number of likely N-dealkylation sites (N-methyl/N-ethyl adjacent to an activating group) is 1. The van der Waals surface area contributed by atoms with E-state index < -0.39 is 0 Å². The molecule has 0 aromatic heterocycles. The minimum atomic E-state index is 0.140. The van der Waals surface area contributed by atoms with Crippen molar-refractivity contribution in [2.75, 3.05) is 33.7 Å². The fraction of sp³-hybridized carbons (Fsp3) is 0.647. The van der Waals surface area contributed by atoms with Crippen LogP contribution in [0.2, 0.25) is 0 Å². The lowest BCUT2D eigenvalue weighted by molar-refractivity contribution is 0.187. The summed E-state index contributed by atoms with van der Waals surface area (Å²) in [6, 6.07) is 9.20. The predicted octanol–water partition coefficient (Wildman–Crippen LogP) is 2.27. The van der Waals surface area contributed by atoms with Crippen LogP contribution in [0.15, 0.2) is 24.3 Å². The molecule has 0 saturated carbocycles. The second-order valence-electron chi connectivity index (χ2n) is 6.57. The summed E-state index contributed by atoms with van der Waals surface area (Å²) in [5.74, 6) is 0.774. The van der Waals surface area contributed by atoms with Crippen LogP contribution in [0.3, 0.4) is 0 Å². The number of nitrogens with two attached hydrogens (primary N) is 1. The van der Waals surface area contributed by atoms with E-state index in [4.69, 9.17) is 5.73 Å². The van der Waals surface area contributed by atoms with Crippen molar-refractivity contribution < 1.29 is 0 Å². The molecule has 0 aliphatic carbocycles. The minimum absolute atomic E-state index is 0.140. The smallest absolute Gasteiger partial charge is 0.0493 e. The van der Waals surface area contributed by atoms with E-state index >= 15 is 0 Å². The predicted molar refractivity (Wildman–Crippen MR) is 85.8 cm³/mol. The molecule has 2 N–H and O–H groups in total. The first kappa shape index (κ1) is 15.5. The van der Waals surface area contributed by atoms with E-state index in [9.17, 15) is 0 Å². The number of hydrogen-bond donors (Lipinski definition) is 1. The van der Waals surface area contributed by atoms with Crippen LogP contribution in [0.4, 0.5) is 0 Å². The number of nitrogens with zero attached hydrogens (tertiary/aromatic N) is 2. The summed E-state index contributed by atoms with van der Waals surface area (Å²) in [7, 11) is 4.43. The monoisotopic (exact) mass is 275 g/mol. The van der Waals surface area contributed by atoms with Crippen LogP contribution in [0.5, 0.6) is 0 Å². The molecule has 3 atom stereocenters. The lowest BCUT2D eigenvalue weighted by Gasteiger charge is -2.33. The Kier molecular flexibility index (Phi) is 5.19. The maximum Gasteiger partial charge on any atom is 0.0493 e. The Bertz CT molecular complexity index is 430. The van der Waals surface area contributed by atoms with E-state index in [2.05, 4.69) is 62.0 Å². The zero-order valence-corrected chi connectivity index (χ0v) is 13.3. The molecule has 1 aromatic rings. The molecule has 3 heteroatoms. The highest BCUT2D eigenvalue weighted by molar-refractivity contribution is 5.26. The molecule has 0 amide bonds. The van der Waals surface area contributed by atoms with Crippen LogP contribution >= 0.6 is 0 Å². The molecule has 0 bridgehead atoms. The minimum Gasteiger partial charge on any atom is -0.326 e. The molecule has 3 nitrogen and oxygen atoms in total. The molecule has 1 aliphatic rings. The van der Waals surface area contributed by atoms with Gasteiger partial charge in [-0.3, -0.25) is 4.90 Å². The normalized spacial score (nSPS) is 23.2. The van der Waals surface area contributed by atoms with Crippen molar-refractivity contribution in [3.63, 3.8) is 0 Å². The van der Waals surface area contributed by atoms with Gasteiger partial charge in [0.05, 0.1) is 0 Å². The van der Waals surface area contributed by atoms with Crippen LogP contribution in [-0.4, -0.2) is 49.6 Å². The second kappa shape index (κ2) is 6.70. The third-order valence-electron chi connectivity index (χ3n) is 4.39. The van der Waals surface area contributed by atoms with Crippen LogP contribution in [0.25, 0.3) is 0 Å². The number of likely N-dealkylation sites (tertiary alicyclic amines) is 1. The maximum atomic E-state index is 6.27. The van der Waals surface area contributed by atoms with E-state index in [1.54, 1.807) is 0 Å². The Morgan fingerprint density at radius 1 is 1.45 bits per heavy atom. The highest BCUT2D eigenvalue weighted by Crippen LogP contribution is 2.26. The molecule has 3 unspecified atom stereocenters. The molecule has 1 aliphatic heterocycles. The molecule has 20 heavy (non-hydrogen) atoms. The Morgan fingerprint density at radius 3 is 2.75 bits per heavy atom. The number of hydrogen-bond acceptors (Lipinski definition) is 3. The van der Waals surface area contributed by atoms with Gasteiger partial charge in [0.2, 0.25) is 0 Å². The molecule has 112 valence electrons. The average Bonchev–Trinajstić information content (AvgIpc) is 2.74. The summed E-state index contributed by atoms with van der Waals surface area (Å²) < 4.78 is 0. The highest BCUT2D eigenvalue weighted by Gasteiger charge is 2.26. The van der Waals surface area contributed by atoms with Gasteiger partial charge in [-0.25, -0.2) is 0 Å². The standard InChI is InChI=1S/C17H29N3/c1-13-6-5-7-16(10-13)17(14(2)18)20(4)12-15-8-9-19(3)11-15/h5-7,10,14-15,17H,8-9,11-12,18H2,1-4H3. The van der Waals surface area contributed by atoms with Gasteiger partial charge in [0.15, 0.2) is 0 Å². The van der Waals surface area contributed by atoms with Gasteiger partial charge in [-0.15, -0.1) is 0 Å². The van der Waals surface area contributed by atoms with Crippen molar-refractivity contribution in [2.24, 2.45) is 11.7 Å². The molecule has 0 radical (unpaired) electrons. The van der Waals surface area contributed by atoms with Gasteiger partial charge < -0.3 is 10.6 Å². The topological polar surface area (TPSA) is 32.5 Å². The van der Waals surface area contributed by atoms with Gasteiger partial charge >= 0.3 is 0 Å². The summed E-state index contributed by atoms with van der Waals surface area (Å²) in [6.07, 6.45) is 1.31. The third-order valence-corrected chi connectivity index (χ3v) is 4.39. The van der Waals surface area contributed by atoms with Gasteiger partial charge in [0.1, 0.15) is 0 Å². The molecular formula is C17H29N3. The van der Waals surface area contributed by atoms with Crippen molar-refractivity contribution in [3.8, 4) is 0 Å².